The van der Waals surface area contributed by atoms with Crippen LogP contribution in [0, 0.1) is 6.07 Å². The second kappa shape index (κ2) is 5.30. The smallest absolute Gasteiger partial charge is 0.133 e. The van der Waals surface area contributed by atoms with Crippen LogP contribution in [0.15, 0.2) is 43.2 Å². The largest absolute Gasteiger partial charge is 0.245 e. The Kier molecular flexibility index (Phi) is 3.77. The zero-order valence-electron chi connectivity index (χ0n) is 8.90. The van der Waals surface area contributed by atoms with Crippen molar-refractivity contribution in [1.29, 1.82) is 0 Å². The molecule has 2 nitrogen and oxygen atoms in total. The lowest BCUT2D eigenvalue weighted by molar-refractivity contribution is 1.000. The van der Waals surface area contributed by atoms with Gasteiger partial charge in [0, 0.05) is 23.9 Å². The molecule has 2 rings (SSSR count). The van der Waals surface area contributed by atoms with Crippen LogP contribution in [0.5, 0.6) is 0 Å². The molecule has 0 saturated heterocycles. The molecule has 1 atom stereocenters. The van der Waals surface area contributed by atoms with Crippen LogP contribution in [0.25, 0.3) is 0 Å². The molecule has 0 aromatic carbocycles. The van der Waals surface area contributed by atoms with Crippen molar-refractivity contribution in [2.75, 3.05) is 0 Å². The van der Waals surface area contributed by atoms with Crippen molar-refractivity contribution in [3.8, 4) is 0 Å². The predicted octanol–water partition coefficient (Wildman–Crippen LogP) is 3.90. The van der Waals surface area contributed by atoms with Gasteiger partial charge in [-0.25, -0.2) is 9.97 Å². The zero-order chi connectivity index (χ0) is 12.3. The first-order valence-electron chi connectivity index (χ1n) is 4.98. The maximum absolute atomic E-state index is 6.05. The molecule has 0 spiro atoms. The molecular weight excluding hydrogens is 255 g/mol. The Hall–Kier alpha value is -1.38. The highest BCUT2D eigenvalue weighted by Crippen LogP contribution is 2.30. The van der Waals surface area contributed by atoms with Crippen LogP contribution in [0.4, 0.5) is 0 Å². The molecule has 0 bridgehead atoms. The van der Waals surface area contributed by atoms with E-state index < -0.39 is 0 Å². The minimum Gasteiger partial charge on any atom is -0.245 e. The van der Waals surface area contributed by atoms with E-state index in [1.54, 1.807) is 30.6 Å². The lowest BCUT2D eigenvalue weighted by Crippen LogP contribution is -2.00. The maximum Gasteiger partial charge on any atom is 0.133 e. The third-order valence-corrected chi connectivity index (χ3v) is 2.89. The fraction of sp³-hybridized carbons (Fsp3) is 0.0769. The number of rotatable bonds is 3. The lowest BCUT2D eigenvalue weighted by Gasteiger charge is -2.13. The van der Waals surface area contributed by atoms with E-state index >= 15 is 0 Å². The number of halogens is 2. The van der Waals surface area contributed by atoms with Crippen molar-refractivity contribution in [1.82, 2.24) is 9.97 Å². The van der Waals surface area contributed by atoms with Gasteiger partial charge in [0.1, 0.15) is 10.3 Å². The van der Waals surface area contributed by atoms with Crippen molar-refractivity contribution in [3.05, 3.63) is 70.7 Å². The first kappa shape index (κ1) is 12.1. The van der Waals surface area contributed by atoms with Gasteiger partial charge in [-0.05, 0) is 29.8 Å². The van der Waals surface area contributed by atoms with Crippen LogP contribution in [0.3, 0.4) is 0 Å². The summed E-state index contributed by atoms with van der Waals surface area (Å²) in [5, 5.41) is 0.861. The number of aromatic nitrogens is 2. The molecule has 0 N–H and O–H groups in total. The summed E-state index contributed by atoms with van der Waals surface area (Å²) in [6.07, 6.45) is 5.04. The van der Waals surface area contributed by atoms with E-state index in [4.69, 9.17) is 23.2 Å². The molecular formula is C13H9Cl2N2. The average molecular weight is 264 g/mol. The highest BCUT2D eigenvalue weighted by atomic mass is 35.5. The first-order chi connectivity index (χ1) is 8.22. The third-order valence-electron chi connectivity index (χ3n) is 2.38. The third kappa shape index (κ3) is 2.65. The van der Waals surface area contributed by atoms with E-state index in [9.17, 15) is 0 Å². The highest BCUT2D eigenvalue weighted by Gasteiger charge is 2.14. The van der Waals surface area contributed by atoms with Gasteiger partial charge in [-0.2, -0.15) is 0 Å². The van der Waals surface area contributed by atoms with E-state index in [1.807, 2.05) is 6.07 Å². The Morgan fingerprint density at radius 1 is 1.29 bits per heavy atom. The average Bonchev–Trinajstić information content (AvgIpc) is 2.33. The first-order valence-corrected chi connectivity index (χ1v) is 5.74. The second-order valence-corrected chi connectivity index (χ2v) is 4.16. The normalized spacial score (nSPS) is 12.1. The Bertz CT molecular complexity index is 540. The van der Waals surface area contributed by atoms with Crippen LogP contribution in [0.1, 0.15) is 17.0 Å². The summed E-state index contributed by atoms with van der Waals surface area (Å²) in [7, 11) is 0. The number of allylic oxidation sites excluding steroid dienone is 1. The van der Waals surface area contributed by atoms with Gasteiger partial charge in [-0.15, -0.1) is 6.58 Å². The summed E-state index contributed by atoms with van der Waals surface area (Å²) >= 11 is 11.9. The van der Waals surface area contributed by atoms with Crippen molar-refractivity contribution < 1.29 is 0 Å². The van der Waals surface area contributed by atoms with Gasteiger partial charge in [0.15, 0.2) is 0 Å². The maximum atomic E-state index is 6.05. The van der Waals surface area contributed by atoms with Crippen LogP contribution in [0.2, 0.25) is 10.3 Å². The fourth-order valence-corrected chi connectivity index (χ4v) is 2.02. The Morgan fingerprint density at radius 3 is 2.76 bits per heavy atom. The van der Waals surface area contributed by atoms with E-state index in [0.29, 0.717) is 10.3 Å². The molecule has 2 aromatic heterocycles. The molecule has 0 aliphatic rings. The summed E-state index contributed by atoms with van der Waals surface area (Å²) in [5.41, 5.74) is 1.75. The van der Waals surface area contributed by atoms with Crippen molar-refractivity contribution in [3.63, 3.8) is 0 Å². The van der Waals surface area contributed by atoms with Gasteiger partial charge in [0.25, 0.3) is 0 Å². The molecule has 0 amide bonds. The summed E-state index contributed by atoms with van der Waals surface area (Å²) in [6.45, 7) is 3.81. The number of hydrogen-bond donors (Lipinski definition) is 0. The summed E-state index contributed by atoms with van der Waals surface area (Å²) < 4.78 is 0. The summed E-state index contributed by atoms with van der Waals surface area (Å²) in [4.78, 5) is 7.98. The van der Waals surface area contributed by atoms with Crippen LogP contribution < -0.4 is 0 Å². The van der Waals surface area contributed by atoms with Gasteiger partial charge < -0.3 is 0 Å². The highest BCUT2D eigenvalue weighted by molar-refractivity contribution is 6.30. The zero-order valence-corrected chi connectivity index (χ0v) is 10.4. The van der Waals surface area contributed by atoms with Crippen LogP contribution >= 0.6 is 23.2 Å². The quantitative estimate of drug-likeness (QED) is 0.620. The van der Waals surface area contributed by atoms with Crippen LogP contribution in [-0.4, -0.2) is 9.97 Å². The molecule has 0 fully saturated rings. The number of nitrogens with zero attached hydrogens (tertiary/aromatic N) is 2. The topological polar surface area (TPSA) is 25.8 Å². The Morgan fingerprint density at radius 2 is 2.12 bits per heavy atom. The van der Waals surface area contributed by atoms with E-state index in [1.165, 1.54) is 0 Å². The molecule has 17 heavy (non-hydrogen) atoms. The Labute approximate surface area is 110 Å². The van der Waals surface area contributed by atoms with Gasteiger partial charge in [-0.3, -0.25) is 0 Å². The van der Waals surface area contributed by atoms with E-state index in [0.717, 1.165) is 11.1 Å². The van der Waals surface area contributed by atoms with Gasteiger partial charge in [0.2, 0.25) is 0 Å². The van der Waals surface area contributed by atoms with Crippen molar-refractivity contribution >= 4 is 23.2 Å². The number of pyridine rings is 2. The van der Waals surface area contributed by atoms with E-state index in [-0.39, 0.29) is 5.92 Å². The molecule has 0 saturated carbocycles. The van der Waals surface area contributed by atoms with Crippen molar-refractivity contribution in [2.45, 2.75) is 5.92 Å². The van der Waals surface area contributed by atoms with Crippen molar-refractivity contribution in [2.24, 2.45) is 0 Å². The van der Waals surface area contributed by atoms with Gasteiger partial charge >= 0.3 is 0 Å². The molecule has 85 valence electrons. The SMILES string of the molecule is C=CC(c1ccnc(Cl)c1)c1[c]ccnc1Cl. The predicted molar refractivity (Wildman–Crippen MR) is 69.4 cm³/mol. The number of hydrogen-bond acceptors (Lipinski definition) is 2. The molecule has 0 aliphatic heterocycles. The van der Waals surface area contributed by atoms with E-state index in [2.05, 4.69) is 22.6 Å². The molecule has 4 heteroatoms. The second-order valence-electron chi connectivity index (χ2n) is 3.42. The minimum absolute atomic E-state index is 0.0864. The summed E-state index contributed by atoms with van der Waals surface area (Å²) in [5.74, 6) is -0.0864. The lowest BCUT2D eigenvalue weighted by atomic mass is 9.93. The molecule has 2 heterocycles. The monoisotopic (exact) mass is 263 g/mol. The minimum atomic E-state index is -0.0864. The standard InChI is InChI=1S/C13H9Cl2N2/c1-2-10(9-5-7-16-12(14)8-9)11-4-3-6-17-13(11)15/h2-3,5-8,10H,1H2. The van der Waals surface area contributed by atoms with Gasteiger partial charge in [-0.1, -0.05) is 29.3 Å². The van der Waals surface area contributed by atoms with Gasteiger partial charge in [0.05, 0.1) is 0 Å². The molecule has 2 aromatic rings. The molecule has 1 radical (unpaired) electrons. The Balaban J connectivity index is 2.48. The van der Waals surface area contributed by atoms with Crippen LogP contribution in [-0.2, 0) is 0 Å². The fourth-order valence-electron chi connectivity index (χ4n) is 1.61. The molecule has 1 unspecified atom stereocenters. The summed E-state index contributed by atoms with van der Waals surface area (Å²) in [6, 6.07) is 8.45. The molecule has 0 aliphatic carbocycles.